The highest BCUT2D eigenvalue weighted by atomic mass is 35.5. The van der Waals surface area contributed by atoms with Crippen molar-refractivity contribution < 1.29 is 19.0 Å². The summed E-state index contributed by atoms with van der Waals surface area (Å²) in [5.74, 6) is 1.72. The largest absolute Gasteiger partial charge is 0.493 e. The number of hydrogen-bond donors (Lipinski definition) is 1. The fourth-order valence-electron chi connectivity index (χ4n) is 3.82. The molecule has 0 aliphatic rings. The summed E-state index contributed by atoms with van der Waals surface area (Å²) in [5, 5.41) is 8.58. The van der Waals surface area contributed by atoms with Gasteiger partial charge in [0.2, 0.25) is 16.8 Å². The molecule has 2 aromatic heterocycles. The van der Waals surface area contributed by atoms with Crippen LogP contribution in [0.5, 0.6) is 17.2 Å². The summed E-state index contributed by atoms with van der Waals surface area (Å²) < 4.78 is 17.7. The number of thioether (sulfide) groups is 1. The first kappa shape index (κ1) is 25.6. The molecule has 0 bridgehead atoms. The van der Waals surface area contributed by atoms with E-state index in [-0.39, 0.29) is 11.7 Å². The number of aryl methyl sites for hydroxylation is 2. The van der Waals surface area contributed by atoms with Crippen molar-refractivity contribution in [3.63, 3.8) is 0 Å². The molecule has 2 aromatic carbocycles. The molecule has 11 heteroatoms. The van der Waals surface area contributed by atoms with Gasteiger partial charge in [0.15, 0.2) is 11.5 Å². The van der Waals surface area contributed by atoms with E-state index in [2.05, 4.69) is 20.4 Å². The first-order valence-electron chi connectivity index (χ1n) is 11.0. The maximum absolute atomic E-state index is 12.6. The molecule has 1 N–H and O–H groups in total. The van der Waals surface area contributed by atoms with E-state index < -0.39 is 0 Å². The van der Waals surface area contributed by atoms with E-state index >= 15 is 0 Å². The van der Waals surface area contributed by atoms with Gasteiger partial charge in [0.25, 0.3) is 5.78 Å². The van der Waals surface area contributed by atoms with Crippen molar-refractivity contribution in [2.45, 2.75) is 25.4 Å². The van der Waals surface area contributed by atoms with Gasteiger partial charge in [-0.3, -0.25) is 4.79 Å². The van der Waals surface area contributed by atoms with Crippen molar-refractivity contribution in [1.29, 1.82) is 0 Å². The molecule has 2 heterocycles. The Morgan fingerprint density at radius 1 is 1.06 bits per heavy atom. The van der Waals surface area contributed by atoms with E-state index in [1.807, 2.05) is 38.1 Å². The van der Waals surface area contributed by atoms with Crippen LogP contribution in [0.25, 0.3) is 5.78 Å². The Kier molecular flexibility index (Phi) is 7.85. The highest BCUT2D eigenvalue weighted by Gasteiger charge is 2.17. The first-order chi connectivity index (χ1) is 17.3. The minimum atomic E-state index is -0.228. The molecule has 0 unspecified atom stereocenters. The van der Waals surface area contributed by atoms with Gasteiger partial charge in [-0.1, -0.05) is 41.6 Å². The van der Waals surface area contributed by atoms with Crippen molar-refractivity contribution >= 4 is 40.7 Å². The Labute approximate surface area is 218 Å². The second-order valence-electron chi connectivity index (χ2n) is 7.89. The topological polar surface area (TPSA) is 99.9 Å². The van der Waals surface area contributed by atoms with Crippen LogP contribution in [-0.4, -0.2) is 52.6 Å². The SMILES string of the molecule is COc1cc(NC(=O)CSc2nc3nc(C)c(Cc4ccccc4Cl)c(C)n3n2)cc(OC)c1OC. The van der Waals surface area contributed by atoms with Gasteiger partial charge in [0.05, 0.1) is 27.1 Å². The van der Waals surface area contributed by atoms with Crippen LogP contribution in [0.2, 0.25) is 5.02 Å². The standard InChI is InChI=1S/C25H26ClN5O4S/c1-14-18(10-16-8-6-7-9-19(16)26)15(2)31-24(27-14)29-25(30-31)36-13-22(32)28-17-11-20(33-3)23(35-5)21(12-17)34-4/h6-9,11-12H,10,13H2,1-5H3,(H,28,32). The Morgan fingerprint density at radius 2 is 1.75 bits per heavy atom. The number of ether oxygens (including phenoxy) is 3. The zero-order chi connectivity index (χ0) is 25.8. The predicted octanol–water partition coefficient (Wildman–Crippen LogP) is 4.74. The third kappa shape index (κ3) is 5.34. The number of rotatable bonds is 9. The Hall–Kier alpha value is -3.50. The maximum atomic E-state index is 12.6. The highest BCUT2D eigenvalue weighted by molar-refractivity contribution is 7.99. The second-order valence-corrected chi connectivity index (χ2v) is 9.24. The van der Waals surface area contributed by atoms with Gasteiger partial charge in [-0.05, 0) is 31.0 Å². The van der Waals surface area contributed by atoms with E-state index in [0.29, 0.717) is 45.3 Å². The third-order valence-electron chi connectivity index (χ3n) is 5.64. The van der Waals surface area contributed by atoms with Crippen LogP contribution in [0.3, 0.4) is 0 Å². The van der Waals surface area contributed by atoms with Gasteiger partial charge >= 0.3 is 0 Å². The summed E-state index contributed by atoms with van der Waals surface area (Å²) in [6.45, 7) is 3.93. The lowest BCUT2D eigenvalue weighted by Gasteiger charge is -2.14. The maximum Gasteiger partial charge on any atom is 0.253 e. The van der Waals surface area contributed by atoms with E-state index in [1.54, 1.807) is 16.6 Å². The van der Waals surface area contributed by atoms with Crippen molar-refractivity contribution in [1.82, 2.24) is 19.6 Å². The minimum Gasteiger partial charge on any atom is -0.493 e. The second kappa shape index (κ2) is 11.0. The van der Waals surface area contributed by atoms with Gasteiger partial charge in [0, 0.05) is 40.7 Å². The molecule has 4 rings (SSSR count). The van der Waals surface area contributed by atoms with Crippen LogP contribution in [-0.2, 0) is 11.2 Å². The van der Waals surface area contributed by atoms with Gasteiger partial charge in [0.1, 0.15) is 0 Å². The predicted molar refractivity (Wildman–Crippen MR) is 140 cm³/mol. The van der Waals surface area contributed by atoms with Gasteiger partial charge in [-0.25, -0.2) is 9.50 Å². The van der Waals surface area contributed by atoms with Crippen molar-refractivity contribution in [3.05, 3.63) is 63.9 Å². The number of halogens is 1. The molecule has 36 heavy (non-hydrogen) atoms. The molecule has 0 aliphatic carbocycles. The summed E-state index contributed by atoms with van der Waals surface area (Å²) in [7, 11) is 4.56. The van der Waals surface area contributed by atoms with Crippen LogP contribution in [0.4, 0.5) is 5.69 Å². The van der Waals surface area contributed by atoms with E-state index in [9.17, 15) is 4.79 Å². The molecule has 0 saturated heterocycles. The number of carbonyl (C=O) groups is 1. The number of nitrogens with zero attached hydrogens (tertiary/aromatic N) is 4. The normalized spacial score (nSPS) is 10.9. The van der Waals surface area contributed by atoms with E-state index in [0.717, 1.165) is 22.5 Å². The smallest absolute Gasteiger partial charge is 0.253 e. The lowest BCUT2D eigenvalue weighted by atomic mass is 10.0. The van der Waals surface area contributed by atoms with Crippen LogP contribution in [0.15, 0.2) is 41.6 Å². The minimum absolute atomic E-state index is 0.109. The number of benzene rings is 2. The zero-order valence-corrected chi connectivity index (χ0v) is 22.2. The molecule has 0 radical (unpaired) electrons. The van der Waals surface area contributed by atoms with Crippen LogP contribution in [0.1, 0.15) is 22.5 Å². The van der Waals surface area contributed by atoms with Crippen LogP contribution < -0.4 is 19.5 Å². The molecule has 1 amide bonds. The fourth-order valence-corrected chi connectivity index (χ4v) is 4.64. The summed E-state index contributed by atoms with van der Waals surface area (Å²) >= 11 is 7.59. The number of amides is 1. The molecular formula is C25H26ClN5O4S. The molecule has 0 atom stereocenters. The lowest BCUT2D eigenvalue weighted by Crippen LogP contribution is -2.14. The fraction of sp³-hybridized carbons (Fsp3) is 0.280. The quantitative estimate of drug-likeness (QED) is 0.311. The van der Waals surface area contributed by atoms with Gasteiger partial charge < -0.3 is 19.5 Å². The third-order valence-corrected chi connectivity index (χ3v) is 6.84. The molecule has 0 fully saturated rings. The van der Waals surface area contributed by atoms with E-state index in [1.165, 1.54) is 33.1 Å². The van der Waals surface area contributed by atoms with Crippen molar-refractivity contribution in [2.75, 3.05) is 32.4 Å². The van der Waals surface area contributed by atoms with Crippen molar-refractivity contribution in [2.24, 2.45) is 0 Å². The average Bonchev–Trinajstić information content (AvgIpc) is 3.28. The lowest BCUT2D eigenvalue weighted by molar-refractivity contribution is -0.113. The Balaban J connectivity index is 1.49. The molecular weight excluding hydrogens is 502 g/mol. The number of hydrogen-bond acceptors (Lipinski definition) is 8. The number of methoxy groups -OCH3 is 3. The summed E-state index contributed by atoms with van der Waals surface area (Å²) in [6, 6.07) is 11.1. The molecule has 0 saturated carbocycles. The van der Waals surface area contributed by atoms with Gasteiger partial charge in [-0.2, -0.15) is 4.98 Å². The summed E-state index contributed by atoms with van der Waals surface area (Å²) in [4.78, 5) is 21.8. The monoisotopic (exact) mass is 527 g/mol. The molecule has 0 spiro atoms. The molecule has 0 aliphatic heterocycles. The van der Waals surface area contributed by atoms with Crippen LogP contribution in [0, 0.1) is 13.8 Å². The number of nitrogens with one attached hydrogen (secondary N) is 1. The van der Waals surface area contributed by atoms with E-state index in [4.69, 9.17) is 25.8 Å². The van der Waals surface area contributed by atoms with Crippen LogP contribution >= 0.6 is 23.4 Å². The number of anilines is 1. The zero-order valence-electron chi connectivity index (χ0n) is 20.6. The first-order valence-corrected chi connectivity index (χ1v) is 12.4. The average molecular weight is 528 g/mol. The molecule has 4 aromatic rings. The Morgan fingerprint density at radius 3 is 2.39 bits per heavy atom. The van der Waals surface area contributed by atoms with Crippen molar-refractivity contribution in [3.8, 4) is 17.2 Å². The molecule has 9 nitrogen and oxygen atoms in total. The number of fused-ring (bicyclic) bond motifs is 1. The Bertz CT molecular complexity index is 1400. The molecule has 188 valence electrons. The van der Waals surface area contributed by atoms with Gasteiger partial charge in [-0.15, -0.1) is 5.10 Å². The number of carbonyl (C=O) groups excluding carboxylic acids is 1. The summed E-state index contributed by atoms with van der Waals surface area (Å²) in [6.07, 6.45) is 0.639. The highest BCUT2D eigenvalue weighted by Crippen LogP contribution is 2.40. The summed E-state index contributed by atoms with van der Waals surface area (Å²) in [5.41, 5.74) is 4.37. The number of aromatic nitrogens is 4.